The lowest BCUT2D eigenvalue weighted by molar-refractivity contribution is -0.406. The second-order valence-corrected chi connectivity index (χ2v) is 24.0. The number of piperidine rings is 1. The molecule has 10 aliphatic rings. The normalized spacial score (nSPS) is 57.1. The highest BCUT2D eigenvalue weighted by Gasteiger charge is 2.68. The highest BCUT2D eigenvalue weighted by Crippen LogP contribution is 2.70. The number of aliphatic hydroxyl groups excluding tert-OH is 12. The fourth-order valence-corrected chi connectivity index (χ4v) is 15.7. The largest absolute Gasteiger partial charge is 0.394 e. The minimum Gasteiger partial charge on any atom is -0.394 e. The fraction of sp³-hybridized carbons (Fsp3) is 0.961. The van der Waals surface area contributed by atoms with Gasteiger partial charge in [0.2, 0.25) is 0 Å². The van der Waals surface area contributed by atoms with Crippen molar-refractivity contribution in [1.29, 1.82) is 0 Å². The molecule has 10 rings (SSSR count). The van der Waals surface area contributed by atoms with E-state index in [4.69, 9.17) is 42.6 Å². The number of nitrogens with one attached hydrogen (secondary N) is 1. The maximum Gasteiger partial charge on any atom is 0.187 e. The van der Waals surface area contributed by atoms with Crippen molar-refractivity contribution in [1.82, 2.24) is 5.32 Å². The van der Waals surface area contributed by atoms with Crippen LogP contribution in [0.5, 0.6) is 0 Å². The first-order chi connectivity index (χ1) is 34.7. The molecule has 0 aromatic carbocycles. The van der Waals surface area contributed by atoms with Gasteiger partial charge >= 0.3 is 0 Å². The van der Waals surface area contributed by atoms with Crippen LogP contribution in [0, 0.1) is 46.3 Å². The highest BCUT2D eigenvalue weighted by molar-refractivity contribution is 5.27. The van der Waals surface area contributed by atoms with Crippen molar-refractivity contribution < 1.29 is 104 Å². The van der Waals surface area contributed by atoms with Gasteiger partial charge in [0.05, 0.1) is 38.1 Å². The van der Waals surface area contributed by atoms with Crippen molar-refractivity contribution in [2.75, 3.05) is 26.4 Å². The van der Waals surface area contributed by atoms with Crippen LogP contribution in [0.3, 0.4) is 0 Å². The molecule has 13 N–H and O–H groups in total. The maximum atomic E-state index is 12.0. The molecule has 31 atom stereocenters. The molecular weight excluding hydrogens is 963 g/mol. The van der Waals surface area contributed by atoms with E-state index in [1.165, 1.54) is 18.9 Å². The van der Waals surface area contributed by atoms with Gasteiger partial charge in [-0.15, -0.1) is 0 Å². The number of fused-ring (bicyclic) bond motifs is 7. The molecule has 0 radical (unpaired) electrons. The zero-order chi connectivity index (χ0) is 52.2. The van der Waals surface area contributed by atoms with Gasteiger partial charge in [0.25, 0.3) is 0 Å². The summed E-state index contributed by atoms with van der Waals surface area (Å²) in [7, 11) is 0. The Balaban J connectivity index is 0.902. The minimum atomic E-state index is -1.97. The predicted molar refractivity (Wildman–Crippen MR) is 249 cm³/mol. The lowest BCUT2D eigenvalue weighted by atomic mass is 9.47. The van der Waals surface area contributed by atoms with Gasteiger partial charge in [0.1, 0.15) is 97.3 Å². The third kappa shape index (κ3) is 9.42. The molecule has 1 spiro atoms. The third-order valence-electron chi connectivity index (χ3n) is 20.0. The zero-order valence-corrected chi connectivity index (χ0v) is 42.5. The molecule has 6 heterocycles. The zero-order valence-electron chi connectivity index (χ0n) is 42.5. The topological polar surface area (TPSA) is 338 Å². The molecule has 22 heteroatoms. The van der Waals surface area contributed by atoms with Gasteiger partial charge in [-0.2, -0.15) is 0 Å². The molecule has 418 valence electrons. The molecule has 6 saturated heterocycles. The smallest absolute Gasteiger partial charge is 0.187 e. The van der Waals surface area contributed by atoms with Crippen LogP contribution in [-0.2, 0) is 42.6 Å². The van der Waals surface area contributed by atoms with Crippen LogP contribution in [0.2, 0.25) is 0 Å². The monoisotopic (exact) mass is 1050 g/mol. The summed E-state index contributed by atoms with van der Waals surface area (Å²) in [5.74, 6) is 3.06. The maximum absolute atomic E-state index is 12.0. The Bertz CT molecular complexity index is 1930. The van der Waals surface area contributed by atoms with Gasteiger partial charge in [-0.05, 0) is 105 Å². The first-order valence-corrected chi connectivity index (χ1v) is 27.0. The molecule has 0 aromatic heterocycles. The van der Waals surface area contributed by atoms with E-state index in [1.807, 2.05) is 0 Å². The van der Waals surface area contributed by atoms with E-state index in [9.17, 15) is 61.3 Å². The second kappa shape index (κ2) is 21.2. The van der Waals surface area contributed by atoms with Gasteiger partial charge in [-0.3, -0.25) is 5.32 Å². The van der Waals surface area contributed by atoms with Crippen molar-refractivity contribution in [2.24, 2.45) is 46.3 Å². The molecule has 31 unspecified atom stereocenters. The van der Waals surface area contributed by atoms with Crippen molar-refractivity contribution >= 4 is 0 Å². The Hall–Kier alpha value is -1.14. The quantitative estimate of drug-likeness (QED) is 0.0961. The molecule has 73 heavy (non-hydrogen) atoms. The average Bonchev–Trinajstić information content (AvgIpc) is 3.82. The summed E-state index contributed by atoms with van der Waals surface area (Å²) in [5, 5.41) is 134. The van der Waals surface area contributed by atoms with Crippen LogP contribution in [0.1, 0.15) is 92.4 Å². The summed E-state index contributed by atoms with van der Waals surface area (Å²) in [6.45, 7) is 9.66. The summed E-state index contributed by atoms with van der Waals surface area (Å²) < 4.78 is 56.3. The van der Waals surface area contributed by atoms with Crippen molar-refractivity contribution in [2.45, 2.75) is 233 Å². The standard InChI is InChI=1S/C51H83NO21/c1-20-8-13-51(52-16-20)21(2)32-28(73-51)15-27-25-7-6-23-14-24(9-11-49(23,4)26(25)10-12-50(27,32)5)66-48-44(72-45-40(63)37(60)33(56)22(3)65-45)42(36(59)31(19-55)69-48)70-47-43(39(62)35(58)30(18-54)68-47)71-46-41(64)38(61)34(57)29(17-53)67-46/h6,20-22,24-48,52-64H,7-19H2,1-5H3. The summed E-state index contributed by atoms with van der Waals surface area (Å²) >= 11 is 0. The van der Waals surface area contributed by atoms with Crippen LogP contribution >= 0.6 is 0 Å². The molecule has 0 aromatic rings. The van der Waals surface area contributed by atoms with Gasteiger partial charge in [-0.25, -0.2) is 0 Å². The molecule has 9 fully saturated rings. The lowest BCUT2D eigenvalue weighted by Gasteiger charge is -2.59. The van der Waals surface area contributed by atoms with E-state index in [1.54, 1.807) is 0 Å². The number of hydrogen-bond donors (Lipinski definition) is 13. The number of hydrogen-bond acceptors (Lipinski definition) is 22. The van der Waals surface area contributed by atoms with Crippen molar-refractivity contribution in [3.63, 3.8) is 0 Å². The Labute approximate surface area is 425 Å². The van der Waals surface area contributed by atoms with E-state index in [2.05, 4.69) is 39.1 Å². The average molecular weight is 1050 g/mol. The fourth-order valence-electron chi connectivity index (χ4n) is 15.7. The van der Waals surface area contributed by atoms with Crippen LogP contribution in [-0.4, -0.2) is 228 Å². The second-order valence-electron chi connectivity index (χ2n) is 24.0. The molecule has 0 amide bonds. The number of rotatable bonds is 11. The van der Waals surface area contributed by atoms with Gasteiger partial charge in [0, 0.05) is 12.5 Å². The molecule has 0 bridgehead atoms. The van der Waals surface area contributed by atoms with Crippen molar-refractivity contribution in [3.8, 4) is 0 Å². The van der Waals surface area contributed by atoms with Gasteiger partial charge in [0.15, 0.2) is 25.2 Å². The first-order valence-electron chi connectivity index (χ1n) is 27.0. The minimum absolute atomic E-state index is 0.106. The van der Waals surface area contributed by atoms with Gasteiger partial charge < -0.3 is 104 Å². The summed E-state index contributed by atoms with van der Waals surface area (Å²) in [6.07, 6.45) is -23.4. The SMILES string of the molecule is CC1CCC2(NC1)OC1CC3C4CC=C5CC(OC6OC(CO)C(O)C(OC7OC(CO)C(O)C(O)C7OC7OC(CO)C(O)C(O)C7O)C6OC6OC(C)C(O)C(O)C6O)CCC5(C)C4CCC3(C)C1C2C. The molecule has 6 aliphatic heterocycles. The van der Waals surface area contributed by atoms with E-state index >= 15 is 0 Å². The van der Waals surface area contributed by atoms with Crippen LogP contribution in [0.15, 0.2) is 11.6 Å². The van der Waals surface area contributed by atoms with E-state index in [0.29, 0.717) is 48.3 Å². The number of allylic oxidation sites excluding steroid dienone is 1. The molecule has 4 aliphatic carbocycles. The Morgan fingerprint density at radius 2 is 1.18 bits per heavy atom. The third-order valence-corrected chi connectivity index (χ3v) is 20.0. The van der Waals surface area contributed by atoms with E-state index in [-0.39, 0.29) is 22.7 Å². The van der Waals surface area contributed by atoms with E-state index < -0.39 is 149 Å². The summed E-state index contributed by atoms with van der Waals surface area (Å²) in [6, 6.07) is 0. The van der Waals surface area contributed by atoms with Crippen molar-refractivity contribution in [3.05, 3.63) is 11.6 Å². The predicted octanol–water partition coefficient (Wildman–Crippen LogP) is -2.39. The Morgan fingerprint density at radius 3 is 1.84 bits per heavy atom. The lowest BCUT2D eigenvalue weighted by Crippen LogP contribution is -2.68. The highest BCUT2D eigenvalue weighted by atomic mass is 16.8. The Morgan fingerprint density at radius 1 is 0.589 bits per heavy atom. The van der Waals surface area contributed by atoms with Crippen LogP contribution in [0.4, 0.5) is 0 Å². The molecular formula is C51H83NO21. The molecule has 22 nitrogen and oxygen atoms in total. The van der Waals surface area contributed by atoms with E-state index in [0.717, 1.165) is 45.1 Å². The van der Waals surface area contributed by atoms with Crippen LogP contribution < -0.4 is 5.32 Å². The Kier molecular flexibility index (Phi) is 16.0. The van der Waals surface area contributed by atoms with Crippen LogP contribution in [0.25, 0.3) is 0 Å². The first kappa shape index (κ1) is 55.2. The van der Waals surface area contributed by atoms with Gasteiger partial charge in [-0.1, -0.05) is 39.3 Å². The number of ether oxygens (including phenoxy) is 9. The summed E-state index contributed by atoms with van der Waals surface area (Å²) in [5.41, 5.74) is 1.11. The molecule has 3 saturated carbocycles. The number of aliphatic hydroxyl groups is 12. The summed E-state index contributed by atoms with van der Waals surface area (Å²) in [4.78, 5) is 0.